The Bertz CT molecular complexity index is 1100. The zero-order valence-corrected chi connectivity index (χ0v) is 16.8. The number of nitrogens with one attached hydrogen (secondary N) is 3. The molecule has 2 heterocycles. The van der Waals surface area contributed by atoms with Crippen LogP contribution < -0.4 is 16.0 Å². The van der Waals surface area contributed by atoms with Gasteiger partial charge in [0, 0.05) is 37.3 Å². The number of hydrogen-bond donors (Lipinski definition) is 3. The Kier molecular flexibility index (Phi) is 5.94. The molecular formula is C22H22F3N5O. The quantitative estimate of drug-likeness (QED) is 0.591. The molecule has 0 radical (unpaired) electrons. The average molecular weight is 429 g/mol. The monoisotopic (exact) mass is 429 g/mol. The molecule has 31 heavy (non-hydrogen) atoms. The van der Waals surface area contributed by atoms with Crippen LogP contribution in [0.2, 0.25) is 0 Å². The summed E-state index contributed by atoms with van der Waals surface area (Å²) in [6, 6.07) is 9.12. The van der Waals surface area contributed by atoms with Gasteiger partial charge in [-0.2, -0.15) is 5.10 Å². The van der Waals surface area contributed by atoms with E-state index < -0.39 is 23.5 Å². The summed E-state index contributed by atoms with van der Waals surface area (Å²) in [6.45, 7) is 1.15. The number of rotatable bonds is 4. The van der Waals surface area contributed by atoms with Crippen molar-refractivity contribution in [3.05, 3.63) is 71.7 Å². The zero-order chi connectivity index (χ0) is 22.0. The fourth-order valence-corrected chi connectivity index (χ4v) is 3.91. The first kappa shape index (κ1) is 20.9. The van der Waals surface area contributed by atoms with E-state index in [-0.39, 0.29) is 17.6 Å². The fraction of sp³-hybridized carbons (Fsp3) is 0.273. The number of benzene rings is 2. The van der Waals surface area contributed by atoms with E-state index in [1.54, 1.807) is 30.1 Å². The summed E-state index contributed by atoms with van der Waals surface area (Å²) in [6.07, 6.45) is 2.26. The van der Waals surface area contributed by atoms with Crippen LogP contribution in [0.4, 0.5) is 23.7 Å². The van der Waals surface area contributed by atoms with E-state index in [9.17, 15) is 18.0 Å². The summed E-state index contributed by atoms with van der Waals surface area (Å²) in [7, 11) is 1.76. The molecule has 9 heteroatoms. The molecule has 162 valence electrons. The Morgan fingerprint density at radius 2 is 1.94 bits per heavy atom. The van der Waals surface area contributed by atoms with Crippen LogP contribution in [-0.2, 0) is 7.05 Å². The van der Waals surface area contributed by atoms with Crippen LogP contribution in [0, 0.1) is 17.5 Å². The van der Waals surface area contributed by atoms with E-state index in [0.717, 1.165) is 17.8 Å². The van der Waals surface area contributed by atoms with Gasteiger partial charge in [-0.3, -0.25) is 4.68 Å². The molecule has 2 aromatic carbocycles. The van der Waals surface area contributed by atoms with Gasteiger partial charge in [-0.1, -0.05) is 12.1 Å². The molecule has 1 fully saturated rings. The molecule has 4 rings (SSSR count). The Morgan fingerprint density at radius 3 is 2.65 bits per heavy atom. The molecule has 3 N–H and O–H groups in total. The number of urea groups is 1. The molecule has 1 saturated heterocycles. The largest absolute Gasteiger partial charge is 0.333 e. The first-order chi connectivity index (χ1) is 14.9. The Balaban J connectivity index is 1.46. The number of aryl methyl sites for hydroxylation is 1. The van der Waals surface area contributed by atoms with Gasteiger partial charge < -0.3 is 16.0 Å². The van der Waals surface area contributed by atoms with Crippen molar-refractivity contribution in [3.63, 3.8) is 0 Å². The highest BCUT2D eigenvalue weighted by molar-refractivity contribution is 5.90. The van der Waals surface area contributed by atoms with Crippen molar-refractivity contribution in [2.45, 2.75) is 18.4 Å². The number of piperidine rings is 1. The fourth-order valence-electron chi connectivity index (χ4n) is 3.91. The van der Waals surface area contributed by atoms with Crippen LogP contribution >= 0.6 is 0 Å². The molecule has 0 aliphatic carbocycles. The van der Waals surface area contributed by atoms with Gasteiger partial charge >= 0.3 is 6.03 Å². The van der Waals surface area contributed by atoms with E-state index in [2.05, 4.69) is 21.0 Å². The Labute approximate surface area is 177 Å². The topological polar surface area (TPSA) is 71.0 Å². The van der Waals surface area contributed by atoms with Crippen molar-refractivity contribution in [1.82, 2.24) is 20.4 Å². The van der Waals surface area contributed by atoms with Crippen molar-refractivity contribution < 1.29 is 18.0 Å². The van der Waals surface area contributed by atoms with Crippen LogP contribution in [0.3, 0.4) is 0 Å². The van der Waals surface area contributed by atoms with Gasteiger partial charge in [0.2, 0.25) is 0 Å². The maximum atomic E-state index is 14.6. The lowest BCUT2D eigenvalue weighted by atomic mass is 9.86. The lowest BCUT2D eigenvalue weighted by Crippen LogP contribution is -2.51. The first-order valence-electron chi connectivity index (χ1n) is 9.93. The lowest BCUT2D eigenvalue weighted by Gasteiger charge is -2.33. The second-order valence-electron chi connectivity index (χ2n) is 7.51. The predicted octanol–water partition coefficient (Wildman–Crippen LogP) is 3.77. The van der Waals surface area contributed by atoms with Gasteiger partial charge in [-0.25, -0.2) is 18.0 Å². The van der Waals surface area contributed by atoms with Gasteiger partial charge in [0.05, 0.1) is 11.4 Å². The van der Waals surface area contributed by atoms with Crippen molar-refractivity contribution in [2.24, 2.45) is 7.05 Å². The van der Waals surface area contributed by atoms with Crippen LogP contribution in [0.5, 0.6) is 0 Å². The summed E-state index contributed by atoms with van der Waals surface area (Å²) in [5, 5.41) is 12.6. The first-order valence-corrected chi connectivity index (χ1v) is 9.93. The minimum Gasteiger partial charge on any atom is -0.333 e. The molecule has 2 amide bonds. The number of hydrogen-bond acceptors (Lipinski definition) is 3. The molecule has 0 bridgehead atoms. The normalized spacial score (nSPS) is 18.6. The van der Waals surface area contributed by atoms with E-state index in [1.807, 2.05) is 0 Å². The van der Waals surface area contributed by atoms with Crippen LogP contribution in [0.25, 0.3) is 11.3 Å². The third-order valence-corrected chi connectivity index (χ3v) is 5.50. The smallest absolute Gasteiger partial charge is 0.319 e. The standard InChI is InChI=1S/C22H22F3N5O/c1-30-21(7-9-27-30)14-3-5-19(18(25)11-14)28-22(31)29-20-12-26-8-6-15(20)13-2-4-16(23)17(24)10-13/h2-5,7,9-11,15,20,26H,6,8,12H2,1H3,(H2,28,29,31)/t15-,20+/m0/s1. The highest BCUT2D eigenvalue weighted by Crippen LogP contribution is 2.28. The molecule has 1 aromatic heterocycles. The van der Waals surface area contributed by atoms with Crippen molar-refractivity contribution in [2.75, 3.05) is 18.4 Å². The minimum atomic E-state index is -0.921. The SMILES string of the molecule is Cn1nccc1-c1ccc(NC(=O)N[C@@H]2CNCC[C@H]2c2ccc(F)c(F)c2)c(F)c1. The third kappa shape index (κ3) is 4.56. The summed E-state index contributed by atoms with van der Waals surface area (Å²) < 4.78 is 43.2. The van der Waals surface area contributed by atoms with Crippen LogP contribution in [0.15, 0.2) is 48.7 Å². The van der Waals surface area contributed by atoms with E-state index >= 15 is 0 Å². The zero-order valence-electron chi connectivity index (χ0n) is 16.8. The summed E-state index contributed by atoms with van der Waals surface area (Å²) in [5.41, 5.74) is 2.03. The molecule has 6 nitrogen and oxygen atoms in total. The van der Waals surface area contributed by atoms with Gasteiger partial charge in [0.1, 0.15) is 5.82 Å². The van der Waals surface area contributed by atoms with Crippen molar-refractivity contribution >= 4 is 11.7 Å². The molecule has 3 aromatic rings. The number of halogens is 3. The van der Waals surface area contributed by atoms with Crippen molar-refractivity contribution in [1.29, 1.82) is 0 Å². The molecule has 0 saturated carbocycles. The molecular weight excluding hydrogens is 407 g/mol. The predicted molar refractivity (Wildman–Crippen MR) is 111 cm³/mol. The van der Waals surface area contributed by atoms with Gasteiger partial charge in [0.15, 0.2) is 11.6 Å². The maximum Gasteiger partial charge on any atom is 0.319 e. The second-order valence-corrected chi connectivity index (χ2v) is 7.51. The van der Waals surface area contributed by atoms with E-state index in [0.29, 0.717) is 30.6 Å². The lowest BCUT2D eigenvalue weighted by molar-refractivity contribution is 0.242. The van der Waals surface area contributed by atoms with Crippen LogP contribution in [0.1, 0.15) is 17.9 Å². The van der Waals surface area contributed by atoms with Gasteiger partial charge in [0.25, 0.3) is 0 Å². The minimum absolute atomic E-state index is 0.0385. The summed E-state index contributed by atoms with van der Waals surface area (Å²) in [4.78, 5) is 12.5. The van der Waals surface area contributed by atoms with Crippen LogP contribution in [-0.4, -0.2) is 34.9 Å². The van der Waals surface area contributed by atoms with Crippen molar-refractivity contribution in [3.8, 4) is 11.3 Å². The third-order valence-electron chi connectivity index (χ3n) is 5.50. The van der Waals surface area contributed by atoms with Gasteiger partial charge in [-0.15, -0.1) is 0 Å². The second kappa shape index (κ2) is 8.81. The number of amides is 2. The molecule has 2 atom stereocenters. The highest BCUT2D eigenvalue weighted by Gasteiger charge is 2.28. The number of nitrogens with zero attached hydrogens (tertiary/aromatic N) is 2. The number of anilines is 1. The molecule has 0 spiro atoms. The van der Waals surface area contributed by atoms with E-state index in [4.69, 9.17) is 0 Å². The maximum absolute atomic E-state index is 14.6. The summed E-state index contributed by atoms with van der Waals surface area (Å²) in [5.74, 6) is -2.60. The van der Waals surface area contributed by atoms with Gasteiger partial charge in [-0.05, 0) is 48.9 Å². The molecule has 1 aliphatic heterocycles. The number of carbonyl (C=O) groups excluding carboxylic acids is 1. The summed E-state index contributed by atoms with van der Waals surface area (Å²) >= 11 is 0. The van der Waals surface area contributed by atoms with E-state index in [1.165, 1.54) is 18.2 Å². The molecule has 1 aliphatic rings. The number of aromatic nitrogens is 2. The average Bonchev–Trinajstić information content (AvgIpc) is 3.18. The molecule has 0 unspecified atom stereocenters. The Morgan fingerprint density at radius 1 is 1.10 bits per heavy atom. The number of carbonyl (C=O) groups is 1. The Hall–Kier alpha value is -3.33. The highest BCUT2D eigenvalue weighted by atomic mass is 19.2.